The average Bonchev–Trinajstić information content (AvgIpc) is 2.75. The van der Waals surface area contributed by atoms with Crippen LogP contribution in [0.15, 0.2) is 23.1 Å². The van der Waals surface area contributed by atoms with Crippen molar-refractivity contribution in [1.82, 2.24) is 4.31 Å². The van der Waals surface area contributed by atoms with Crippen molar-refractivity contribution in [2.75, 3.05) is 19.4 Å². The first-order valence-electron chi connectivity index (χ1n) is 5.92. The van der Waals surface area contributed by atoms with E-state index >= 15 is 0 Å². The highest BCUT2D eigenvalue weighted by atomic mass is 32.2. The van der Waals surface area contributed by atoms with Crippen LogP contribution in [-0.2, 0) is 10.0 Å². The van der Waals surface area contributed by atoms with Gasteiger partial charge >= 0.3 is 0 Å². The molecule has 6 heteroatoms. The third-order valence-electron chi connectivity index (χ3n) is 3.27. The Morgan fingerprint density at radius 2 is 2.17 bits per heavy atom. The Morgan fingerprint density at radius 3 is 2.72 bits per heavy atom. The molecule has 100 valence electrons. The van der Waals surface area contributed by atoms with Crippen LogP contribution in [0.2, 0.25) is 0 Å². The van der Waals surface area contributed by atoms with Crippen molar-refractivity contribution in [1.29, 1.82) is 0 Å². The number of benzene rings is 1. The molecule has 1 saturated heterocycles. The van der Waals surface area contributed by atoms with Crippen LogP contribution in [0.1, 0.15) is 19.8 Å². The molecule has 2 N–H and O–H groups in total. The number of anilines is 1. The van der Waals surface area contributed by atoms with Gasteiger partial charge in [0.2, 0.25) is 10.0 Å². The van der Waals surface area contributed by atoms with Crippen molar-refractivity contribution in [2.24, 2.45) is 0 Å². The third kappa shape index (κ3) is 2.18. The fraction of sp³-hybridized carbons (Fsp3) is 0.500. The minimum Gasteiger partial charge on any atom is -0.495 e. The Bertz CT molecular complexity index is 542. The highest BCUT2D eigenvalue weighted by molar-refractivity contribution is 7.89. The summed E-state index contributed by atoms with van der Waals surface area (Å²) in [5.41, 5.74) is 6.13. The van der Waals surface area contributed by atoms with E-state index in [0.717, 1.165) is 12.8 Å². The van der Waals surface area contributed by atoms with Crippen LogP contribution in [-0.4, -0.2) is 32.4 Å². The van der Waals surface area contributed by atoms with Gasteiger partial charge in [-0.2, -0.15) is 4.31 Å². The summed E-state index contributed by atoms with van der Waals surface area (Å²) < 4.78 is 31.7. The normalized spacial score (nSPS) is 21.1. The summed E-state index contributed by atoms with van der Waals surface area (Å²) in [6.07, 6.45) is 1.80. The maximum Gasteiger partial charge on any atom is 0.247 e. The summed E-state index contributed by atoms with van der Waals surface area (Å²) in [6.45, 7) is 2.49. The first-order valence-corrected chi connectivity index (χ1v) is 7.36. The Labute approximate surface area is 108 Å². The van der Waals surface area contributed by atoms with Crippen molar-refractivity contribution >= 4 is 15.7 Å². The molecule has 1 aromatic carbocycles. The van der Waals surface area contributed by atoms with Crippen LogP contribution in [0.4, 0.5) is 5.69 Å². The first-order chi connectivity index (χ1) is 8.46. The lowest BCUT2D eigenvalue weighted by Crippen LogP contribution is -2.33. The Morgan fingerprint density at radius 1 is 1.44 bits per heavy atom. The molecule has 0 aromatic heterocycles. The SMILES string of the molecule is COc1cc(N)ccc1S(=O)(=O)N1CCCC1C. The van der Waals surface area contributed by atoms with Gasteiger partial charge in [-0.05, 0) is 31.9 Å². The largest absolute Gasteiger partial charge is 0.495 e. The predicted molar refractivity (Wildman–Crippen MR) is 70.0 cm³/mol. The summed E-state index contributed by atoms with van der Waals surface area (Å²) in [4.78, 5) is 0.188. The van der Waals surface area contributed by atoms with Crippen molar-refractivity contribution in [3.63, 3.8) is 0 Å². The molecule has 1 fully saturated rings. The number of sulfonamides is 1. The van der Waals surface area contributed by atoms with Crippen molar-refractivity contribution < 1.29 is 13.2 Å². The van der Waals surface area contributed by atoms with E-state index in [2.05, 4.69) is 0 Å². The Hall–Kier alpha value is -1.27. The van der Waals surface area contributed by atoms with Crippen LogP contribution in [0, 0.1) is 0 Å². The van der Waals surface area contributed by atoms with Gasteiger partial charge in [0.15, 0.2) is 0 Å². The number of methoxy groups -OCH3 is 1. The Balaban J connectivity index is 2.47. The smallest absolute Gasteiger partial charge is 0.247 e. The molecule has 0 aliphatic carbocycles. The van der Waals surface area contributed by atoms with Gasteiger partial charge in [-0.3, -0.25) is 0 Å². The lowest BCUT2D eigenvalue weighted by molar-refractivity contribution is 0.387. The highest BCUT2D eigenvalue weighted by Gasteiger charge is 2.34. The average molecular weight is 270 g/mol. The molecule has 5 nitrogen and oxygen atoms in total. The van der Waals surface area contributed by atoms with E-state index in [-0.39, 0.29) is 10.9 Å². The van der Waals surface area contributed by atoms with Gasteiger partial charge in [-0.1, -0.05) is 0 Å². The van der Waals surface area contributed by atoms with Crippen LogP contribution >= 0.6 is 0 Å². The number of nitrogen functional groups attached to an aromatic ring is 1. The third-order valence-corrected chi connectivity index (χ3v) is 5.32. The van der Waals surface area contributed by atoms with E-state index in [1.807, 2.05) is 6.92 Å². The molecule has 1 unspecified atom stereocenters. The maximum absolute atomic E-state index is 12.5. The lowest BCUT2D eigenvalue weighted by Gasteiger charge is -2.22. The number of nitrogens with two attached hydrogens (primary N) is 1. The zero-order chi connectivity index (χ0) is 13.3. The quantitative estimate of drug-likeness (QED) is 0.844. The molecule has 2 rings (SSSR count). The molecular weight excluding hydrogens is 252 g/mol. The standard InChI is InChI=1S/C12H18N2O3S/c1-9-4-3-7-14(9)18(15,16)12-6-5-10(13)8-11(12)17-2/h5-6,8-9H,3-4,7,13H2,1-2H3. The maximum atomic E-state index is 12.5. The fourth-order valence-electron chi connectivity index (χ4n) is 2.29. The summed E-state index contributed by atoms with van der Waals surface area (Å²) in [6, 6.07) is 4.66. The summed E-state index contributed by atoms with van der Waals surface area (Å²) in [7, 11) is -2.05. The molecule has 0 radical (unpaired) electrons. The van der Waals surface area contributed by atoms with Gasteiger partial charge in [-0.15, -0.1) is 0 Å². The lowest BCUT2D eigenvalue weighted by atomic mass is 10.3. The van der Waals surface area contributed by atoms with E-state index in [1.165, 1.54) is 23.5 Å². The monoisotopic (exact) mass is 270 g/mol. The second-order valence-corrected chi connectivity index (χ2v) is 6.38. The Kier molecular flexibility index (Phi) is 3.49. The van der Waals surface area contributed by atoms with Gasteiger partial charge < -0.3 is 10.5 Å². The molecule has 1 atom stereocenters. The zero-order valence-corrected chi connectivity index (χ0v) is 11.4. The van der Waals surface area contributed by atoms with Gasteiger partial charge in [0.1, 0.15) is 10.6 Å². The van der Waals surface area contributed by atoms with Crippen molar-refractivity contribution in [3.05, 3.63) is 18.2 Å². The van der Waals surface area contributed by atoms with Gasteiger partial charge in [0.25, 0.3) is 0 Å². The molecule has 18 heavy (non-hydrogen) atoms. The number of nitrogens with zero attached hydrogens (tertiary/aromatic N) is 1. The number of hydrogen-bond acceptors (Lipinski definition) is 4. The predicted octanol–water partition coefficient (Wildman–Crippen LogP) is 1.45. The van der Waals surface area contributed by atoms with Crippen LogP contribution in [0.3, 0.4) is 0 Å². The second kappa shape index (κ2) is 4.78. The van der Waals surface area contributed by atoms with Gasteiger partial charge in [0, 0.05) is 24.3 Å². The number of hydrogen-bond donors (Lipinski definition) is 1. The molecule has 0 bridgehead atoms. The minimum atomic E-state index is -3.49. The fourth-order valence-corrected chi connectivity index (χ4v) is 4.13. The van der Waals surface area contributed by atoms with Crippen LogP contribution < -0.4 is 10.5 Å². The highest BCUT2D eigenvalue weighted by Crippen LogP contribution is 2.32. The molecule has 0 amide bonds. The minimum absolute atomic E-state index is 0.0391. The molecule has 0 spiro atoms. The summed E-state index contributed by atoms with van der Waals surface area (Å²) in [5.74, 6) is 0.300. The van der Waals surface area contributed by atoms with Crippen LogP contribution in [0.25, 0.3) is 0 Å². The van der Waals surface area contributed by atoms with E-state index < -0.39 is 10.0 Å². The molecule has 1 aliphatic heterocycles. The molecule has 1 heterocycles. The van der Waals surface area contributed by atoms with E-state index in [9.17, 15) is 8.42 Å². The van der Waals surface area contributed by atoms with E-state index in [0.29, 0.717) is 18.0 Å². The molecule has 0 saturated carbocycles. The first kappa shape index (κ1) is 13.2. The van der Waals surface area contributed by atoms with E-state index in [4.69, 9.17) is 10.5 Å². The van der Waals surface area contributed by atoms with Gasteiger partial charge in [-0.25, -0.2) is 8.42 Å². The van der Waals surface area contributed by atoms with Crippen LogP contribution in [0.5, 0.6) is 5.75 Å². The second-order valence-electron chi connectivity index (χ2n) is 4.52. The summed E-state index contributed by atoms with van der Waals surface area (Å²) in [5, 5.41) is 0. The molecular formula is C12H18N2O3S. The molecule has 1 aromatic rings. The molecule has 1 aliphatic rings. The zero-order valence-electron chi connectivity index (χ0n) is 10.6. The number of rotatable bonds is 3. The topological polar surface area (TPSA) is 72.6 Å². The number of ether oxygens (including phenoxy) is 1. The van der Waals surface area contributed by atoms with Crippen molar-refractivity contribution in [3.8, 4) is 5.75 Å². The van der Waals surface area contributed by atoms with E-state index in [1.54, 1.807) is 6.07 Å². The summed E-state index contributed by atoms with van der Waals surface area (Å²) >= 11 is 0. The van der Waals surface area contributed by atoms with Crippen molar-refractivity contribution in [2.45, 2.75) is 30.7 Å². The van der Waals surface area contributed by atoms with Gasteiger partial charge in [0.05, 0.1) is 7.11 Å².